The van der Waals surface area contributed by atoms with Crippen molar-refractivity contribution in [3.05, 3.63) is 43.5 Å². The molecule has 2 fully saturated rings. The van der Waals surface area contributed by atoms with Gasteiger partial charge in [-0.2, -0.15) is 0 Å². The highest BCUT2D eigenvalue weighted by Gasteiger charge is 2.28. The van der Waals surface area contributed by atoms with Crippen LogP contribution in [0.2, 0.25) is 0 Å². The van der Waals surface area contributed by atoms with Gasteiger partial charge in [0, 0.05) is 29.5 Å². The standard InChI is InChI=1S/C22H27BrN4O4/c23-15-6-7-18-17(12-15)21(30)27(16-4-2-1-3-5-16)22(31)26(18)13-19(28)25-10-8-14(9-11-25)20(24)29/h6-7,12,14,16H,1-5,8-11,13H2,(H2,24,29). The van der Waals surface area contributed by atoms with E-state index in [1.807, 2.05) is 0 Å². The van der Waals surface area contributed by atoms with Crippen LogP contribution in [0, 0.1) is 5.92 Å². The number of likely N-dealkylation sites (tertiary alicyclic amines) is 1. The summed E-state index contributed by atoms with van der Waals surface area (Å²) < 4.78 is 3.54. The van der Waals surface area contributed by atoms with Crippen LogP contribution < -0.4 is 17.0 Å². The fourth-order valence-corrected chi connectivity index (χ4v) is 5.19. The molecule has 4 rings (SSSR count). The van der Waals surface area contributed by atoms with Gasteiger partial charge in [0.2, 0.25) is 11.8 Å². The van der Waals surface area contributed by atoms with Crippen molar-refractivity contribution in [3.8, 4) is 0 Å². The van der Waals surface area contributed by atoms with Gasteiger partial charge < -0.3 is 10.6 Å². The first-order chi connectivity index (χ1) is 14.9. The summed E-state index contributed by atoms with van der Waals surface area (Å²) in [6.45, 7) is 0.741. The summed E-state index contributed by atoms with van der Waals surface area (Å²) in [5.74, 6) is -0.735. The second-order valence-corrected chi connectivity index (χ2v) is 9.47. The zero-order chi connectivity index (χ0) is 22.1. The van der Waals surface area contributed by atoms with E-state index in [-0.39, 0.29) is 35.9 Å². The van der Waals surface area contributed by atoms with E-state index < -0.39 is 5.69 Å². The van der Waals surface area contributed by atoms with E-state index in [2.05, 4.69) is 15.9 Å². The molecule has 2 amide bonds. The van der Waals surface area contributed by atoms with Crippen LogP contribution in [0.1, 0.15) is 51.0 Å². The van der Waals surface area contributed by atoms with Gasteiger partial charge in [-0.25, -0.2) is 4.79 Å². The van der Waals surface area contributed by atoms with Gasteiger partial charge in [-0.15, -0.1) is 0 Å². The summed E-state index contributed by atoms with van der Waals surface area (Å²) in [4.78, 5) is 52.8. The molecule has 9 heteroatoms. The van der Waals surface area contributed by atoms with Gasteiger partial charge in [0.15, 0.2) is 0 Å². The minimum atomic E-state index is -0.424. The lowest BCUT2D eigenvalue weighted by Gasteiger charge is -2.31. The van der Waals surface area contributed by atoms with Crippen LogP contribution in [0.3, 0.4) is 0 Å². The zero-order valence-corrected chi connectivity index (χ0v) is 19.0. The number of nitrogens with two attached hydrogens (primary N) is 1. The molecule has 0 radical (unpaired) electrons. The molecule has 8 nitrogen and oxygen atoms in total. The van der Waals surface area contributed by atoms with Crippen molar-refractivity contribution in [3.63, 3.8) is 0 Å². The first-order valence-corrected chi connectivity index (χ1v) is 11.7. The smallest absolute Gasteiger partial charge is 0.332 e. The number of hydrogen-bond donors (Lipinski definition) is 1. The van der Waals surface area contributed by atoms with Gasteiger partial charge in [0.1, 0.15) is 6.54 Å². The number of amides is 2. The van der Waals surface area contributed by atoms with Crippen LogP contribution in [0.5, 0.6) is 0 Å². The third-order valence-electron chi connectivity index (χ3n) is 6.62. The number of piperidine rings is 1. The molecule has 0 unspecified atom stereocenters. The molecule has 0 spiro atoms. The fraction of sp³-hybridized carbons (Fsp3) is 0.545. The summed E-state index contributed by atoms with van der Waals surface area (Å²) in [5, 5.41) is 0.430. The molecule has 166 valence electrons. The normalized spacial score (nSPS) is 18.4. The molecule has 1 aliphatic heterocycles. The molecule has 31 heavy (non-hydrogen) atoms. The number of nitrogens with zero attached hydrogens (tertiary/aromatic N) is 3. The fourth-order valence-electron chi connectivity index (χ4n) is 4.83. The predicted molar refractivity (Wildman–Crippen MR) is 121 cm³/mol. The highest BCUT2D eigenvalue weighted by Crippen LogP contribution is 2.27. The Morgan fingerprint density at radius 3 is 2.35 bits per heavy atom. The second kappa shape index (κ2) is 8.98. The maximum atomic E-state index is 13.4. The Hall–Kier alpha value is -2.42. The minimum Gasteiger partial charge on any atom is -0.369 e. The first-order valence-electron chi connectivity index (χ1n) is 10.9. The number of hydrogen-bond acceptors (Lipinski definition) is 4. The third kappa shape index (κ3) is 4.33. The van der Waals surface area contributed by atoms with Crippen LogP contribution in [-0.2, 0) is 16.1 Å². The molecule has 0 bridgehead atoms. The van der Waals surface area contributed by atoms with Crippen molar-refractivity contribution >= 4 is 38.6 Å². The number of halogens is 1. The topological polar surface area (TPSA) is 107 Å². The lowest BCUT2D eigenvalue weighted by Crippen LogP contribution is -2.47. The van der Waals surface area contributed by atoms with Crippen molar-refractivity contribution in [1.29, 1.82) is 0 Å². The summed E-state index contributed by atoms with van der Waals surface area (Å²) in [6.07, 6.45) is 5.74. The summed E-state index contributed by atoms with van der Waals surface area (Å²) in [5.41, 5.74) is 5.13. The first kappa shape index (κ1) is 21.8. The largest absolute Gasteiger partial charge is 0.369 e. The maximum Gasteiger partial charge on any atom is 0.332 e. The number of carbonyl (C=O) groups excluding carboxylic acids is 2. The van der Waals surface area contributed by atoms with Gasteiger partial charge in [0.25, 0.3) is 5.56 Å². The Morgan fingerprint density at radius 1 is 1.03 bits per heavy atom. The van der Waals surface area contributed by atoms with Crippen LogP contribution in [0.4, 0.5) is 0 Å². The average Bonchev–Trinajstić information content (AvgIpc) is 2.77. The molecule has 1 saturated carbocycles. The number of carbonyl (C=O) groups is 2. The predicted octanol–water partition coefficient (Wildman–Crippen LogP) is 2.15. The Labute approximate surface area is 188 Å². The zero-order valence-electron chi connectivity index (χ0n) is 17.4. The summed E-state index contributed by atoms with van der Waals surface area (Å²) in [7, 11) is 0. The molecule has 2 N–H and O–H groups in total. The van der Waals surface area contributed by atoms with Gasteiger partial charge in [-0.3, -0.25) is 23.5 Å². The summed E-state index contributed by atoms with van der Waals surface area (Å²) in [6, 6.07) is 5.06. The molecule has 0 atom stereocenters. The Balaban J connectivity index is 1.71. The molecule has 1 aromatic heterocycles. The highest BCUT2D eigenvalue weighted by atomic mass is 79.9. The number of benzene rings is 1. The van der Waals surface area contributed by atoms with E-state index in [0.29, 0.717) is 36.8 Å². The van der Waals surface area contributed by atoms with Crippen molar-refractivity contribution in [2.45, 2.75) is 57.5 Å². The van der Waals surface area contributed by atoms with E-state index in [0.717, 1.165) is 36.6 Å². The summed E-state index contributed by atoms with van der Waals surface area (Å²) >= 11 is 3.41. The maximum absolute atomic E-state index is 13.4. The van der Waals surface area contributed by atoms with Crippen LogP contribution in [0.25, 0.3) is 10.9 Å². The Morgan fingerprint density at radius 2 is 1.71 bits per heavy atom. The van der Waals surface area contributed by atoms with E-state index in [9.17, 15) is 19.2 Å². The van der Waals surface area contributed by atoms with Crippen molar-refractivity contribution in [1.82, 2.24) is 14.0 Å². The molecular formula is C22H27BrN4O4. The SMILES string of the molecule is NC(=O)C1CCN(C(=O)Cn2c(=O)n(C3CCCCC3)c(=O)c3cc(Br)ccc32)CC1. The average molecular weight is 491 g/mol. The lowest BCUT2D eigenvalue weighted by atomic mass is 9.95. The monoisotopic (exact) mass is 490 g/mol. The molecule has 2 aliphatic rings. The van der Waals surface area contributed by atoms with Gasteiger partial charge in [0.05, 0.1) is 10.9 Å². The van der Waals surface area contributed by atoms with Gasteiger partial charge >= 0.3 is 5.69 Å². The number of primary amides is 1. The van der Waals surface area contributed by atoms with Crippen LogP contribution in [0.15, 0.2) is 32.3 Å². The lowest BCUT2D eigenvalue weighted by molar-refractivity contribution is -0.135. The molecule has 1 aromatic carbocycles. The van der Waals surface area contributed by atoms with E-state index >= 15 is 0 Å². The van der Waals surface area contributed by atoms with E-state index in [4.69, 9.17) is 5.73 Å². The van der Waals surface area contributed by atoms with Crippen LogP contribution in [-0.4, -0.2) is 38.9 Å². The van der Waals surface area contributed by atoms with Crippen molar-refractivity contribution < 1.29 is 9.59 Å². The Kier molecular flexibility index (Phi) is 6.31. The van der Waals surface area contributed by atoms with E-state index in [1.165, 1.54) is 9.13 Å². The molecule has 2 aromatic rings. The second-order valence-electron chi connectivity index (χ2n) is 8.55. The quantitative estimate of drug-likeness (QED) is 0.707. The highest BCUT2D eigenvalue weighted by molar-refractivity contribution is 9.10. The number of rotatable bonds is 4. The minimum absolute atomic E-state index is 0.134. The number of aromatic nitrogens is 2. The van der Waals surface area contributed by atoms with E-state index in [1.54, 1.807) is 23.1 Å². The van der Waals surface area contributed by atoms with Gasteiger partial charge in [-0.1, -0.05) is 35.2 Å². The molecule has 1 aliphatic carbocycles. The molecule has 1 saturated heterocycles. The van der Waals surface area contributed by atoms with Crippen molar-refractivity contribution in [2.75, 3.05) is 13.1 Å². The Bertz CT molecular complexity index is 1120. The van der Waals surface area contributed by atoms with Crippen LogP contribution >= 0.6 is 15.9 Å². The van der Waals surface area contributed by atoms with Gasteiger partial charge in [-0.05, 0) is 43.9 Å². The number of fused-ring (bicyclic) bond motifs is 1. The van der Waals surface area contributed by atoms with Crippen molar-refractivity contribution in [2.24, 2.45) is 11.7 Å². The molecular weight excluding hydrogens is 464 g/mol. The molecule has 2 heterocycles. The third-order valence-corrected chi connectivity index (χ3v) is 7.11.